The van der Waals surface area contributed by atoms with Crippen LogP contribution < -0.4 is 9.47 Å². The molecule has 4 nitrogen and oxygen atoms in total. The molecular weight excluding hydrogens is 360 g/mol. The van der Waals surface area contributed by atoms with Crippen LogP contribution in [0.15, 0.2) is 79.3 Å². The molecule has 0 atom stereocenters. The molecule has 0 saturated heterocycles. The van der Waals surface area contributed by atoms with E-state index >= 15 is 0 Å². The molecule has 4 rings (SSSR count). The smallest absolute Gasteiger partial charge is 0.161 e. The standard InChI is InChI=1S/C25H24N2O2/c1-28-24-11-10-20(21-15-22-17-26-13-12-23(22)27-18-21)16-25(24)29-14-6-5-9-19-7-3-2-4-8-19/h2-4,7-8,10-13,15-18H,5-6,9,14H2,1H3. The molecule has 0 aliphatic rings. The summed E-state index contributed by atoms with van der Waals surface area (Å²) in [6.07, 6.45) is 8.62. The van der Waals surface area contributed by atoms with Crippen molar-refractivity contribution in [2.24, 2.45) is 0 Å². The monoisotopic (exact) mass is 384 g/mol. The molecule has 4 aromatic rings. The van der Waals surface area contributed by atoms with E-state index in [1.54, 1.807) is 13.3 Å². The van der Waals surface area contributed by atoms with Gasteiger partial charge in [-0.1, -0.05) is 36.4 Å². The summed E-state index contributed by atoms with van der Waals surface area (Å²) in [6.45, 7) is 0.659. The van der Waals surface area contributed by atoms with Gasteiger partial charge in [0.15, 0.2) is 11.5 Å². The fourth-order valence-corrected chi connectivity index (χ4v) is 3.36. The second-order valence-corrected chi connectivity index (χ2v) is 6.95. The third kappa shape index (κ3) is 4.72. The Kier molecular flexibility index (Phi) is 6.01. The Balaban J connectivity index is 1.43. The molecule has 2 aromatic heterocycles. The van der Waals surface area contributed by atoms with Gasteiger partial charge in [0.1, 0.15) is 0 Å². The minimum Gasteiger partial charge on any atom is -0.493 e. The van der Waals surface area contributed by atoms with Crippen molar-refractivity contribution in [3.63, 3.8) is 0 Å². The van der Waals surface area contributed by atoms with Crippen LogP contribution >= 0.6 is 0 Å². The lowest BCUT2D eigenvalue weighted by Gasteiger charge is -2.13. The molecular formula is C25H24N2O2. The summed E-state index contributed by atoms with van der Waals surface area (Å²) in [6, 6.07) is 20.6. The molecule has 0 amide bonds. The number of hydrogen-bond donors (Lipinski definition) is 0. The van der Waals surface area contributed by atoms with Crippen LogP contribution in [0, 0.1) is 0 Å². The van der Waals surface area contributed by atoms with Crippen molar-refractivity contribution < 1.29 is 9.47 Å². The van der Waals surface area contributed by atoms with Gasteiger partial charge in [-0.3, -0.25) is 9.97 Å². The Morgan fingerprint density at radius 2 is 1.72 bits per heavy atom. The van der Waals surface area contributed by atoms with Crippen LogP contribution in [-0.2, 0) is 6.42 Å². The van der Waals surface area contributed by atoms with E-state index in [4.69, 9.17) is 9.47 Å². The van der Waals surface area contributed by atoms with Crippen molar-refractivity contribution >= 4 is 10.9 Å². The lowest BCUT2D eigenvalue weighted by molar-refractivity contribution is 0.286. The average molecular weight is 384 g/mol. The molecule has 0 fully saturated rings. The minimum atomic E-state index is 0.659. The number of aromatic nitrogens is 2. The van der Waals surface area contributed by atoms with Crippen LogP contribution in [-0.4, -0.2) is 23.7 Å². The van der Waals surface area contributed by atoms with Gasteiger partial charge in [0, 0.05) is 29.5 Å². The largest absolute Gasteiger partial charge is 0.493 e. The number of rotatable bonds is 8. The number of methoxy groups -OCH3 is 1. The van der Waals surface area contributed by atoms with E-state index in [1.165, 1.54) is 5.56 Å². The second kappa shape index (κ2) is 9.20. The number of pyridine rings is 2. The van der Waals surface area contributed by atoms with E-state index in [-0.39, 0.29) is 0 Å². The summed E-state index contributed by atoms with van der Waals surface area (Å²) in [5.41, 5.74) is 4.38. The summed E-state index contributed by atoms with van der Waals surface area (Å²) in [4.78, 5) is 8.72. The highest BCUT2D eigenvalue weighted by Crippen LogP contribution is 2.33. The molecule has 0 N–H and O–H groups in total. The van der Waals surface area contributed by atoms with Gasteiger partial charge in [-0.25, -0.2) is 0 Å². The van der Waals surface area contributed by atoms with E-state index in [1.807, 2.05) is 42.7 Å². The number of ether oxygens (including phenoxy) is 2. The summed E-state index contributed by atoms with van der Waals surface area (Å²) in [5.74, 6) is 1.50. The number of aryl methyl sites for hydroxylation is 1. The van der Waals surface area contributed by atoms with Gasteiger partial charge >= 0.3 is 0 Å². The van der Waals surface area contributed by atoms with E-state index in [0.717, 1.165) is 52.8 Å². The van der Waals surface area contributed by atoms with Crippen molar-refractivity contribution in [2.45, 2.75) is 19.3 Å². The number of fused-ring (bicyclic) bond motifs is 1. The van der Waals surface area contributed by atoms with Gasteiger partial charge < -0.3 is 9.47 Å². The third-order valence-corrected chi connectivity index (χ3v) is 4.94. The Hall–Kier alpha value is -3.40. The lowest BCUT2D eigenvalue weighted by Crippen LogP contribution is -2.00. The van der Waals surface area contributed by atoms with Crippen LogP contribution in [0.3, 0.4) is 0 Å². The molecule has 2 heterocycles. The number of nitrogens with zero attached hydrogens (tertiary/aromatic N) is 2. The number of benzene rings is 2. The first-order valence-electron chi connectivity index (χ1n) is 9.88. The van der Waals surface area contributed by atoms with Crippen LogP contribution in [0.2, 0.25) is 0 Å². The quantitative estimate of drug-likeness (QED) is 0.365. The predicted octanol–water partition coefficient (Wildman–Crippen LogP) is 5.71. The summed E-state index contributed by atoms with van der Waals surface area (Å²) in [7, 11) is 1.67. The van der Waals surface area contributed by atoms with Crippen molar-refractivity contribution in [1.29, 1.82) is 0 Å². The maximum atomic E-state index is 6.06. The molecule has 0 spiro atoms. The summed E-state index contributed by atoms with van der Waals surface area (Å²) < 4.78 is 11.5. The van der Waals surface area contributed by atoms with Crippen LogP contribution in [0.25, 0.3) is 22.0 Å². The fraction of sp³-hybridized carbons (Fsp3) is 0.200. The lowest BCUT2D eigenvalue weighted by atomic mass is 10.1. The van der Waals surface area contributed by atoms with Crippen molar-refractivity contribution in [2.75, 3.05) is 13.7 Å². The van der Waals surface area contributed by atoms with Crippen LogP contribution in [0.5, 0.6) is 11.5 Å². The summed E-state index contributed by atoms with van der Waals surface area (Å²) >= 11 is 0. The molecule has 2 aromatic carbocycles. The fourth-order valence-electron chi connectivity index (χ4n) is 3.36. The molecule has 0 saturated carbocycles. The Labute approximate surface area is 171 Å². The second-order valence-electron chi connectivity index (χ2n) is 6.95. The van der Waals surface area contributed by atoms with E-state index in [0.29, 0.717) is 6.61 Å². The predicted molar refractivity (Wildman–Crippen MR) is 116 cm³/mol. The zero-order valence-corrected chi connectivity index (χ0v) is 16.5. The number of hydrogen-bond acceptors (Lipinski definition) is 4. The third-order valence-electron chi connectivity index (χ3n) is 4.94. The molecule has 4 heteroatoms. The van der Waals surface area contributed by atoms with Crippen molar-refractivity contribution in [1.82, 2.24) is 9.97 Å². The zero-order valence-electron chi connectivity index (χ0n) is 16.5. The Morgan fingerprint density at radius 3 is 2.59 bits per heavy atom. The topological polar surface area (TPSA) is 44.2 Å². The molecule has 0 aliphatic carbocycles. The first-order valence-corrected chi connectivity index (χ1v) is 9.88. The molecule has 0 aliphatic heterocycles. The SMILES string of the molecule is COc1ccc(-c2cnc3ccncc3c2)cc1OCCCCc1ccccc1. The van der Waals surface area contributed by atoms with Crippen LogP contribution in [0.1, 0.15) is 18.4 Å². The van der Waals surface area contributed by atoms with Crippen molar-refractivity contribution in [3.05, 3.63) is 84.8 Å². The van der Waals surface area contributed by atoms with Crippen LogP contribution in [0.4, 0.5) is 0 Å². The normalized spacial score (nSPS) is 10.8. The molecule has 0 unspecified atom stereocenters. The maximum absolute atomic E-state index is 6.06. The van der Waals surface area contributed by atoms with Gasteiger partial charge in [-0.05, 0) is 54.7 Å². The first-order chi connectivity index (χ1) is 14.3. The Morgan fingerprint density at radius 1 is 0.828 bits per heavy atom. The van der Waals surface area contributed by atoms with E-state index < -0.39 is 0 Å². The molecule has 0 bridgehead atoms. The molecule has 0 radical (unpaired) electrons. The Bertz CT molecular complexity index is 1080. The van der Waals surface area contributed by atoms with Crippen molar-refractivity contribution in [3.8, 4) is 22.6 Å². The highest BCUT2D eigenvalue weighted by atomic mass is 16.5. The van der Waals surface area contributed by atoms with Gasteiger partial charge in [0.2, 0.25) is 0 Å². The minimum absolute atomic E-state index is 0.659. The van der Waals surface area contributed by atoms with Gasteiger partial charge in [-0.15, -0.1) is 0 Å². The highest BCUT2D eigenvalue weighted by molar-refractivity contribution is 5.83. The first kappa shape index (κ1) is 18.9. The van der Waals surface area contributed by atoms with E-state index in [2.05, 4.69) is 40.3 Å². The van der Waals surface area contributed by atoms with Gasteiger partial charge in [-0.2, -0.15) is 0 Å². The summed E-state index contributed by atoms with van der Waals surface area (Å²) in [5, 5.41) is 1.02. The highest BCUT2D eigenvalue weighted by Gasteiger charge is 2.08. The number of unbranched alkanes of at least 4 members (excludes halogenated alkanes) is 1. The van der Waals surface area contributed by atoms with E-state index in [9.17, 15) is 0 Å². The maximum Gasteiger partial charge on any atom is 0.161 e. The van der Waals surface area contributed by atoms with Gasteiger partial charge in [0.05, 0.1) is 19.2 Å². The molecule has 29 heavy (non-hydrogen) atoms. The zero-order chi connectivity index (χ0) is 19.9. The molecule has 146 valence electrons. The average Bonchev–Trinajstić information content (AvgIpc) is 2.79. The van der Waals surface area contributed by atoms with Gasteiger partial charge in [0.25, 0.3) is 0 Å².